The first-order valence-electron chi connectivity index (χ1n) is 13.2. The lowest BCUT2D eigenvalue weighted by Crippen LogP contribution is -2.42. The molecule has 1 saturated heterocycles. The Kier molecular flexibility index (Phi) is 6.04. The molecule has 3 fully saturated rings. The van der Waals surface area contributed by atoms with E-state index in [4.69, 9.17) is 9.47 Å². The Morgan fingerprint density at radius 3 is 2.23 bits per heavy atom. The molecule has 2 N–H and O–H groups in total. The van der Waals surface area contributed by atoms with Crippen LogP contribution in [0, 0.1) is 29.6 Å². The number of anilines is 1. The molecule has 4 aliphatic rings. The average molecular weight is 578 g/mol. The zero-order valence-corrected chi connectivity index (χ0v) is 23.4. The predicted octanol–water partition coefficient (Wildman–Crippen LogP) is 3.57. The Hall–Kier alpha value is -3.57. The summed E-state index contributed by atoms with van der Waals surface area (Å²) in [7, 11) is 3.19. The summed E-state index contributed by atoms with van der Waals surface area (Å²) < 4.78 is 10.5. The fraction of sp³-hybridized carbons (Fsp3) is 0.379. The van der Waals surface area contributed by atoms with Gasteiger partial charge in [-0.05, 0) is 66.1 Å². The standard InChI is InChI=1S/C29H27N3O6S2/c1-37-15-7-3-13(4-8-15)20-21-17-11-18(24(21)39-26-25(20)40-29(36)31-26)23-22(17)27(34)32(28(23)35)12-19(33)30-14-5-9-16(38-2)10-6-14/h3-10,17-18,20-24H,11-12H2,1-2H3,(H,30,33)(H,31,36)/t17?,18?,20-,21?,22?,23?,24?/m1/s1. The molecule has 3 aromatic rings. The van der Waals surface area contributed by atoms with Gasteiger partial charge in [-0.1, -0.05) is 23.5 Å². The fourth-order valence-electron chi connectivity index (χ4n) is 7.44. The van der Waals surface area contributed by atoms with Crippen molar-refractivity contribution < 1.29 is 23.9 Å². The fourth-order valence-corrected chi connectivity index (χ4v) is 10.3. The number of likely N-dealkylation sites (tertiary alicyclic amines) is 1. The van der Waals surface area contributed by atoms with Crippen molar-refractivity contribution in [1.82, 2.24) is 9.88 Å². The van der Waals surface area contributed by atoms with Crippen LogP contribution in [0.15, 0.2) is 58.4 Å². The molecule has 206 valence electrons. The van der Waals surface area contributed by atoms with Crippen molar-refractivity contribution in [1.29, 1.82) is 0 Å². The molecule has 2 aliphatic carbocycles. The van der Waals surface area contributed by atoms with Crippen LogP contribution in [-0.2, 0) is 14.4 Å². The van der Waals surface area contributed by atoms with E-state index in [1.165, 1.54) is 11.3 Å². The average Bonchev–Trinajstić information content (AvgIpc) is 3.69. The number of fused-ring (bicyclic) bond motifs is 9. The Balaban J connectivity index is 1.16. The molecule has 2 saturated carbocycles. The number of thiazole rings is 1. The van der Waals surface area contributed by atoms with Gasteiger partial charge in [0.25, 0.3) is 0 Å². The number of ether oxygens (including phenoxy) is 2. The molecule has 2 aliphatic heterocycles. The number of H-pyrrole nitrogens is 1. The number of aromatic nitrogens is 1. The van der Waals surface area contributed by atoms with E-state index < -0.39 is 17.7 Å². The number of aromatic amines is 1. The van der Waals surface area contributed by atoms with Crippen LogP contribution in [0.4, 0.5) is 5.69 Å². The molecule has 3 heterocycles. The molecule has 1 aromatic heterocycles. The van der Waals surface area contributed by atoms with Gasteiger partial charge >= 0.3 is 4.87 Å². The quantitative estimate of drug-likeness (QED) is 0.430. The van der Waals surface area contributed by atoms with E-state index in [1.807, 2.05) is 24.3 Å². The number of thioether (sulfide) groups is 1. The number of amides is 3. The van der Waals surface area contributed by atoms with Crippen molar-refractivity contribution in [2.24, 2.45) is 29.6 Å². The summed E-state index contributed by atoms with van der Waals surface area (Å²) in [6.07, 6.45) is 0.798. The maximum Gasteiger partial charge on any atom is 0.305 e. The van der Waals surface area contributed by atoms with Gasteiger partial charge in [0, 0.05) is 21.7 Å². The molecule has 7 rings (SSSR count). The first-order valence-corrected chi connectivity index (χ1v) is 14.9. The molecule has 11 heteroatoms. The molecule has 3 amide bonds. The SMILES string of the molecule is COc1ccc(NC(=O)CN2C(=O)C3C4CC(C3C2=O)C2C4Sc3[nH]c(=O)sc3[C@@H]2c2ccc(OC)cc2)cc1. The minimum Gasteiger partial charge on any atom is -0.497 e. The summed E-state index contributed by atoms with van der Waals surface area (Å²) in [6.45, 7) is -0.304. The van der Waals surface area contributed by atoms with E-state index in [9.17, 15) is 19.2 Å². The van der Waals surface area contributed by atoms with Crippen LogP contribution in [0.5, 0.6) is 11.5 Å². The van der Waals surface area contributed by atoms with Crippen LogP contribution in [-0.4, -0.2) is 53.6 Å². The van der Waals surface area contributed by atoms with Gasteiger partial charge in [0.1, 0.15) is 18.0 Å². The van der Waals surface area contributed by atoms with Gasteiger partial charge in [0.15, 0.2) is 0 Å². The Morgan fingerprint density at radius 2 is 1.57 bits per heavy atom. The molecule has 2 aromatic carbocycles. The summed E-state index contributed by atoms with van der Waals surface area (Å²) in [5.41, 5.74) is 1.64. The summed E-state index contributed by atoms with van der Waals surface area (Å²) in [5.74, 6) is -0.316. The minimum absolute atomic E-state index is 0.00365. The molecule has 2 bridgehead atoms. The Bertz CT molecular complexity index is 1570. The lowest BCUT2D eigenvalue weighted by atomic mass is 9.68. The highest BCUT2D eigenvalue weighted by Gasteiger charge is 2.69. The van der Waals surface area contributed by atoms with Crippen LogP contribution in [0.25, 0.3) is 0 Å². The first kappa shape index (κ1) is 25.4. The number of nitrogens with zero attached hydrogens (tertiary/aromatic N) is 1. The minimum atomic E-state index is -0.439. The van der Waals surface area contributed by atoms with Gasteiger partial charge in [0.2, 0.25) is 17.7 Å². The van der Waals surface area contributed by atoms with Crippen molar-refractivity contribution >= 4 is 46.5 Å². The normalized spacial score (nSPS) is 29.6. The van der Waals surface area contributed by atoms with Crippen LogP contribution in [0.2, 0.25) is 0 Å². The molecule has 7 atom stereocenters. The van der Waals surface area contributed by atoms with Crippen molar-refractivity contribution in [3.05, 3.63) is 68.6 Å². The largest absolute Gasteiger partial charge is 0.497 e. The lowest BCUT2D eigenvalue weighted by molar-refractivity contribution is -0.143. The van der Waals surface area contributed by atoms with E-state index in [-0.39, 0.29) is 52.2 Å². The van der Waals surface area contributed by atoms with Crippen LogP contribution >= 0.6 is 23.1 Å². The number of hydrogen-bond donors (Lipinski definition) is 2. The van der Waals surface area contributed by atoms with Crippen LogP contribution in [0.3, 0.4) is 0 Å². The first-order chi connectivity index (χ1) is 19.4. The highest BCUT2D eigenvalue weighted by Crippen LogP contribution is 2.68. The molecule has 6 unspecified atom stereocenters. The number of nitrogens with one attached hydrogen (secondary N) is 2. The number of benzene rings is 2. The highest BCUT2D eigenvalue weighted by molar-refractivity contribution is 8.00. The van der Waals surface area contributed by atoms with Crippen molar-refractivity contribution in [3.63, 3.8) is 0 Å². The second kappa shape index (κ2) is 9.52. The third kappa shape index (κ3) is 3.81. The molecular formula is C29H27N3O6S2. The van der Waals surface area contributed by atoms with E-state index in [1.54, 1.807) is 50.2 Å². The number of rotatable bonds is 6. The molecule has 0 spiro atoms. The highest BCUT2D eigenvalue weighted by atomic mass is 32.2. The van der Waals surface area contributed by atoms with Crippen molar-refractivity contribution in [2.75, 3.05) is 26.1 Å². The topological polar surface area (TPSA) is 118 Å². The summed E-state index contributed by atoms with van der Waals surface area (Å²) in [4.78, 5) is 57.7. The lowest BCUT2D eigenvalue weighted by Gasteiger charge is -2.43. The second-order valence-electron chi connectivity index (χ2n) is 10.8. The number of carbonyl (C=O) groups excluding carboxylic acids is 3. The molecule has 40 heavy (non-hydrogen) atoms. The van der Waals surface area contributed by atoms with Gasteiger partial charge in [-0.3, -0.25) is 24.1 Å². The van der Waals surface area contributed by atoms with E-state index in [0.29, 0.717) is 11.4 Å². The zero-order chi connectivity index (χ0) is 27.7. The van der Waals surface area contributed by atoms with Gasteiger partial charge < -0.3 is 19.8 Å². The van der Waals surface area contributed by atoms with Crippen molar-refractivity contribution in [3.8, 4) is 11.5 Å². The monoisotopic (exact) mass is 577 g/mol. The van der Waals surface area contributed by atoms with Crippen LogP contribution < -0.4 is 19.7 Å². The third-order valence-electron chi connectivity index (χ3n) is 8.97. The van der Waals surface area contributed by atoms with E-state index >= 15 is 0 Å². The van der Waals surface area contributed by atoms with Gasteiger partial charge in [-0.2, -0.15) is 0 Å². The third-order valence-corrected chi connectivity index (χ3v) is 11.6. The smallest absolute Gasteiger partial charge is 0.305 e. The molecule has 9 nitrogen and oxygen atoms in total. The number of hydrogen-bond acceptors (Lipinski definition) is 8. The van der Waals surface area contributed by atoms with Gasteiger partial charge in [-0.25, -0.2) is 0 Å². The predicted molar refractivity (Wildman–Crippen MR) is 150 cm³/mol. The summed E-state index contributed by atoms with van der Waals surface area (Å²) in [5, 5.41) is 3.75. The van der Waals surface area contributed by atoms with Gasteiger partial charge in [-0.15, -0.1) is 11.8 Å². The van der Waals surface area contributed by atoms with E-state index in [0.717, 1.165) is 32.5 Å². The maximum absolute atomic E-state index is 13.7. The number of imide groups is 1. The van der Waals surface area contributed by atoms with Crippen molar-refractivity contribution in [2.45, 2.75) is 22.6 Å². The van der Waals surface area contributed by atoms with E-state index in [2.05, 4.69) is 10.3 Å². The molecular weight excluding hydrogens is 550 g/mol. The number of methoxy groups -OCH3 is 2. The Labute approximate surface area is 238 Å². The Morgan fingerprint density at radius 1 is 0.950 bits per heavy atom. The molecule has 0 radical (unpaired) electrons. The number of carbonyl (C=O) groups is 3. The zero-order valence-electron chi connectivity index (χ0n) is 21.8. The van der Waals surface area contributed by atoms with Crippen LogP contribution in [0.1, 0.15) is 22.8 Å². The summed E-state index contributed by atoms with van der Waals surface area (Å²) >= 11 is 2.88. The second-order valence-corrected chi connectivity index (χ2v) is 13.0. The maximum atomic E-state index is 13.7. The summed E-state index contributed by atoms with van der Waals surface area (Å²) in [6, 6.07) is 14.8. The van der Waals surface area contributed by atoms with Gasteiger partial charge in [0.05, 0.1) is 31.1 Å².